The van der Waals surface area contributed by atoms with Crippen molar-refractivity contribution in [2.75, 3.05) is 18.5 Å². The number of anilines is 1. The smallest absolute Gasteiger partial charge is 0.337 e. The number of fused-ring (bicyclic) bond motifs is 1. The molecule has 2 saturated carbocycles. The Morgan fingerprint density at radius 3 is 2.69 bits per heavy atom. The van der Waals surface area contributed by atoms with Crippen LogP contribution in [0.2, 0.25) is 0 Å². The number of hydrogen-bond donors (Lipinski definition) is 2. The van der Waals surface area contributed by atoms with E-state index in [2.05, 4.69) is 22.7 Å². The number of rotatable bonds is 8. The number of carbonyl (C=O) groups is 1. The molecule has 1 amide bonds. The average molecular weight is 403 g/mol. The van der Waals surface area contributed by atoms with Gasteiger partial charge in [0.15, 0.2) is 0 Å². The third kappa shape index (κ3) is 4.80. The number of oxime groups is 1. The van der Waals surface area contributed by atoms with Crippen molar-refractivity contribution in [3.05, 3.63) is 27.6 Å². The van der Waals surface area contributed by atoms with Crippen LogP contribution in [0, 0.1) is 5.41 Å². The van der Waals surface area contributed by atoms with Crippen molar-refractivity contribution in [3.63, 3.8) is 0 Å². The van der Waals surface area contributed by atoms with Crippen molar-refractivity contribution in [2.45, 2.75) is 71.1 Å². The van der Waals surface area contributed by atoms with E-state index in [0.717, 1.165) is 31.4 Å². The van der Waals surface area contributed by atoms with Crippen LogP contribution >= 0.6 is 0 Å². The molecule has 1 aromatic heterocycles. The summed E-state index contributed by atoms with van der Waals surface area (Å²) in [7, 11) is 0. The standard InChI is InChI=1S/C21H29N3O5/c1-2-11-27-12-3-4-14-13-16(25)28-19-17(14)18(26)22-20(23-19)29-24-15-5-7-21(8-6-15)9-10-21/h13,20,23H,2-12H2,1H3,(H,22,26). The quantitative estimate of drug-likeness (QED) is 0.511. The van der Waals surface area contributed by atoms with Gasteiger partial charge in [0.2, 0.25) is 5.88 Å². The summed E-state index contributed by atoms with van der Waals surface area (Å²) in [6.07, 6.45) is 8.28. The fraction of sp³-hybridized carbons (Fsp3) is 0.667. The lowest BCUT2D eigenvalue weighted by atomic mass is 9.85. The van der Waals surface area contributed by atoms with Gasteiger partial charge in [-0.1, -0.05) is 12.1 Å². The number of amides is 1. The number of hydrogen-bond acceptors (Lipinski definition) is 7. The van der Waals surface area contributed by atoms with Gasteiger partial charge in [0.25, 0.3) is 12.3 Å². The van der Waals surface area contributed by atoms with Crippen LogP contribution in [0.5, 0.6) is 0 Å². The van der Waals surface area contributed by atoms with Crippen LogP contribution in [0.3, 0.4) is 0 Å². The Morgan fingerprint density at radius 2 is 1.97 bits per heavy atom. The first-order chi connectivity index (χ1) is 14.1. The second-order valence-corrected chi connectivity index (χ2v) is 8.27. The van der Waals surface area contributed by atoms with E-state index in [1.54, 1.807) is 0 Å². The molecular formula is C21H29N3O5. The molecule has 2 heterocycles. The highest BCUT2D eigenvalue weighted by molar-refractivity contribution is 6.01. The van der Waals surface area contributed by atoms with Crippen molar-refractivity contribution in [1.82, 2.24) is 5.32 Å². The average Bonchev–Trinajstić information content (AvgIpc) is 3.46. The first-order valence-corrected chi connectivity index (χ1v) is 10.6. The van der Waals surface area contributed by atoms with Crippen LogP contribution in [0.15, 0.2) is 20.4 Å². The van der Waals surface area contributed by atoms with Gasteiger partial charge in [-0.3, -0.25) is 10.1 Å². The third-order valence-corrected chi connectivity index (χ3v) is 6.01. The molecule has 8 nitrogen and oxygen atoms in total. The summed E-state index contributed by atoms with van der Waals surface area (Å²) in [5, 5.41) is 9.90. The molecule has 2 aliphatic carbocycles. The molecule has 158 valence electrons. The summed E-state index contributed by atoms with van der Waals surface area (Å²) in [6, 6.07) is 1.37. The summed E-state index contributed by atoms with van der Waals surface area (Å²) in [5.74, 6) is -0.200. The van der Waals surface area contributed by atoms with E-state index in [1.165, 1.54) is 31.7 Å². The minimum Gasteiger partial charge on any atom is -0.406 e. The minimum atomic E-state index is -0.856. The highest BCUT2D eigenvalue weighted by Gasteiger charge is 2.44. The molecule has 1 aromatic rings. The lowest BCUT2D eigenvalue weighted by Crippen LogP contribution is -2.47. The van der Waals surface area contributed by atoms with E-state index in [9.17, 15) is 9.59 Å². The first kappa shape index (κ1) is 19.9. The van der Waals surface area contributed by atoms with Crippen molar-refractivity contribution < 1.29 is 18.8 Å². The topological polar surface area (TPSA) is 102 Å². The number of carbonyl (C=O) groups excluding carboxylic acids is 1. The second-order valence-electron chi connectivity index (χ2n) is 8.27. The predicted octanol–water partition coefficient (Wildman–Crippen LogP) is 3.16. The Hall–Kier alpha value is -2.35. The lowest BCUT2D eigenvalue weighted by Gasteiger charge is -2.26. The van der Waals surface area contributed by atoms with Crippen LogP contribution in [-0.2, 0) is 16.0 Å². The summed E-state index contributed by atoms with van der Waals surface area (Å²) >= 11 is 0. The van der Waals surface area contributed by atoms with Crippen molar-refractivity contribution in [3.8, 4) is 0 Å². The molecule has 3 aliphatic rings. The fourth-order valence-corrected chi connectivity index (χ4v) is 4.06. The Bertz CT molecular complexity index is 831. The maximum atomic E-state index is 12.6. The lowest BCUT2D eigenvalue weighted by molar-refractivity contribution is 0.0411. The number of nitrogens with zero attached hydrogens (tertiary/aromatic N) is 1. The number of nitrogens with one attached hydrogen (secondary N) is 2. The van der Waals surface area contributed by atoms with Crippen molar-refractivity contribution in [2.24, 2.45) is 10.6 Å². The van der Waals surface area contributed by atoms with Gasteiger partial charge in [0.05, 0.1) is 5.71 Å². The van der Waals surface area contributed by atoms with Gasteiger partial charge in [0.1, 0.15) is 5.56 Å². The second kappa shape index (κ2) is 8.57. The van der Waals surface area contributed by atoms with E-state index in [4.69, 9.17) is 14.0 Å². The molecule has 1 spiro atoms. The van der Waals surface area contributed by atoms with E-state index in [1.807, 2.05) is 0 Å². The van der Waals surface area contributed by atoms with Crippen LogP contribution in [0.4, 0.5) is 5.88 Å². The van der Waals surface area contributed by atoms with Crippen LogP contribution in [-0.4, -0.2) is 31.2 Å². The van der Waals surface area contributed by atoms with E-state index < -0.39 is 12.0 Å². The summed E-state index contributed by atoms with van der Waals surface area (Å²) in [5.41, 5.74) is 2.10. The van der Waals surface area contributed by atoms with Gasteiger partial charge in [-0.05, 0) is 68.8 Å². The molecule has 2 N–H and O–H groups in total. The van der Waals surface area contributed by atoms with Gasteiger partial charge in [0, 0.05) is 19.3 Å². The Labute approximate surface area is 170 Å². The first-order valence-electron chi connectivity index (χ1n) is 10.6. The molecular weight excluding hydrogens is 374 g/mol. The van der Waals surface area contributed by atoms with Gasteiger partial charge < -0.3 is 19.3 Å². The minimum absolute atomic E-state index is 0.136. The third-order valence-electron chi connectivity index (χ3n) is 6.01. The molecule has 4 rings (SSSR count). The van der Waals surface area contributed by atoms with Crippen LogP contribution in [0.25, 0.3) is 0 Å². The summed E-state index contributed by atoms with van der Waals surface area (Å²) in [6.45, 7) is 3.35. The zero-order valence-electron chi connectivity index (χ0n) is 16.9. The molecule has 0 aromatic carbocycles. The Kier molecular flexibility index (Phi) is 5.89. The van der Waals surface area contributed by atoms with Crippen molar-refractivity contribution in [1.29, 1.82) is 0 Å². The molecule has 0 saturated heterocycles. The molecule has 1 unspecified atom stereocenters. The molecule has 0 bridgehead atoms. The zero-order chi connectivity index (χ0) is 20.3. The number of aryl methyl sites for hydroxylation is 1. The van der Waals surface area contributed by atoms with Gasteiger partial charge in [-0.25, -0.2) is 4.79 Å². The van der Waals surface area contributed by atoms with Crippen molar-refractivity contribution >= 4 is 17.5 Å². The monoisotopic (exact) mass is 403 g/mol. The molecule has 2 fully saturated rings. The molecule has 0 radical (unpaired) electrons. The highest BCUT2D eigenvalue weighted by atomic mass is 16.7. The molecule has 8 heteroatoms. The highest BCUT2D eigenvalue weighted by Crippen LogP contribution is 2.55. The van der Waals surface area contributed by atoms with E-state index in [-0.39, 0.29) is 11.8 Å². The summed E-state index contributed by atoms with van der Waals surface area (Å²) < 4.78 is 10.7. The normalized spacial score (nSPS) is 21.9. The Morgan fingerprint density at radius 1 is 1.17 bits per heavy atom. The van der Waals surface area contributed by atoms with Gasteiger partial charge in [-0.15, -0.1) is 0 Å². The molecule has 1 atom stereocenters. The van der Waals surface area contributed by atoms with Crippen LogP contribution < -0.4 is 16.3 Å². The zero-order valence-corrected chi connectivity index (χ0v) is 16.9. The maximum Gasteiger partial charge on any atom is 0.337 e. The van der Waals surface area contributed by atoms with Gasteiger partial charge in [-0.2, -0.15) is 0 Å². The molecule has 1 aliphatic heterocycles. The largest absolute Gasteiger partial charge is 0.406 e. The maximum absolute atomic E-state index is 12.6. The Balaban J connectivity index is 1.38. The SMILES string of the molecule is CCCOCCCc1cc(=O)oc2c1C(=O)NC(ON=C1CCC3(CC1)CC3)N2. The van der Waals surface area contributed by atoms with Crippen LogP contribution in [0.1, 0.15) is 74.2 Å². The van der Waals surface area contributed by atoms with Gasteiger partial charge >= 0.3 is 5.63 Å². The van der Waals surface area contributed by atoms with E-state index in [0.29, 0.717) is 36.2 Å². The predicted molar refractivity (Wildman–Crippen MR) is 108 cm³/mol. The summed E-state index contributed by atoms with van der Waals surface area (Å²) in [4.78, 5) is 30.1. The number of ether oxygens (including phenoxy) is 1. The molecule has 29 heavy (non-hydrogen) atoms. The van der Waals surface area contributed by atoms with E-state index >= 15 is 0 Å². The fourth-order valence-electron chi connectivity index (χ4n) is 4.06.